The Morgan fingerprint density at radius 1 is 1.36 bits per heavy atom. The summed E-state index contributed by atoms with van der Waals surface area (Å²) in [5.74, 6) is -1.31. The third-order valence-electron chi connectivity index (χ3n) is 4.20. The van der Waals surface area contributed by atoms with Crippen LogP contribution in [0.5, 0.6) is 0 Å². The third-order valence-corrected chi connectivity index (χ3v) is 4.20. The number of hydrogen-bond donors (Lipinski definition) is 1. The monoisotopic (exact) mass is 312 g/mol. The van der Waals surface area contributed by atoms with Gasteiger partial charge in [-0.2, -0.15) is 0 Å². The fourth-order valence-corrected chi connectivity index (χ4v) is 2.98. The molecular weight excluding hydrogens is 290 g/mol. The number of piperidine rings is 1. The van der Waals surface area contributed by atoms with Crippen LogP contribution in [0.3, 0.4) is 0 Å². The van der Waals surface area contributed by atoms with Crippen molar-refractivity contribution in [1.82, 2.24) is 10.2 Å². The molecule has 0 aromatic heterocycles. The molecule has 2 rings (SSSR count). The highest BCUT2D eigenvalue weighted by atomic mass is 19.1. The molecule has 0 bridgehead atoms. The molecule has 0 atom stereocenters. The summed E-state index contributed by atoms with van der Waals surface area (Å²) in [6, 6.07) is 3.41. The summed E-state index contributed by atoms with van der Waals surface area (Å²) < 4.78 is 31.9. The minimum Gasteiger partial charge on any atom is -0.384 e. The molecule has 0 saturated carbocycles. The van der Waals surface area contributed by atoms with Crippen molar-refractivity contribution in [3.63, 3.8) is 0 Å². The highest BCUT2D eigenvalue weighted by Gasteiger charge is 2.41. The Labute approximate surface area is 129 Å². The number of methoxy groups -OCH3 is 1. The molecule has 1 saturated heterocycles. The lowest BCUT2D eigenvalue weighted by atomic mass is 9.78. The largest absolute Gasteiger partial charge is 0.384 e. The predicted molar refractivity (Wildman–Crippen MR) is 79.2 cm³/mol. The Bertz CT molecular complexity index is 525. The normalized spacial score (nSPS) is 17.3. The molecule has 22 heavy (non-hydrogen) atoms. The number of benzene rings is 1. The lowest BCUT2D eigenvalue weighted by Crippen LogP contribution is -2.50. The van der Waals surface area contributed by atoms with E-state index in [1.807, 2.05) is 0 Å². The van der Waals surface area contributed by atoms with E-state index in [-0.39, 0.29) is 12.5 Å². The van der Waals surface area contributed by atoms with Gasteiger partial charge in [0.2, 0.25) is 5.91 Å². The van der Waals surface area contributed by atoms with Crippen molar-refractivity contribution in [3.8, 4) is 0 Å². The van der Waals surface area contributed by atoms with Crippen LogP contribution in [0.4, 0.5) is 8.78 Å². The fraction of sp³-hybridized carbons (Fsp3) is 0.562. The van der Waals surface area contributed by atoms with Crippen LogP contribution in [0.25, 0.3) is 0 Å². The Morgan fingerprint density at radius 3 is 2.64 bits per heavy atom. The predicted octanol–water partition coefficient (Wildman–Crippen LogP) is 1.94. The van der Waals surface area contributed by atoms with Crippen molar-refractivity contribution in [2.24, 2.45) is 5.41 Å². The van der Waals surface area contributed by atoms with Gasteiger partial charge < -0.3 is 15.0 Å². The molecule has 1 aliphatic heterocycles. The smallest absolute Gasteiger partial charge is 0.231 e. The molecule has 1 heterocycles. The number of halogens is 2. The summed E-state index contributed by atoms with van der Waals surface area (Å²) in [6.45, 7) is 1.98. The maximum atomic E-state index is 13.7. The van der Waals surface area contributed by atoms with Crippen LogP contribution in [0.2, 0.25) is 0 Å². The van der Waals surface area contributed by atoms with E-state index in [1.54, 1.807) is 14.2 Å². The molecule has 0 unspecified atom stereocenters. The summed E-state index contributed by atoms with van der Waals surface area (Å²) in [7, 11) is 3.22. The Kier molecular flexibility index (Phi) is 5.47. The van der Waals surface area contributed by atoms with Crippen LogP contribution in [-0.4, -0.2) is 44.7 Å². The molecule has 1 fully saturated rings. The minimum absolute atomic E-state index is 0.0559. The topological polar surface area (TPSA) is 41.6 Å². The molecule has 1 aliphatic rings. The first kappa shape index (κ1) is 16.8. The van der Waals surface area contributed by atoms with Gasteiger partial charge in [-0.15, -0.1) is 0 Å². The van der Waals surface area contributed by atoms with E-state index in [1.165, 1.54) is 17.0 Å². The van der Waals surface area contributed by atoms with Gasteiger partial charge in [0.25, 0.3) is 0 Å². The highest BCUT2D eigenvalue weighted by Crippen LogP contribution is 2.31. The number of carbonyl (C=O) groups excluding carboxylic acids is 1. The van der Waals surface area contributed by atoms with Crippen LogP contribution >= 0.6 is 0 Å². The van der Waals surface area contributed by atoms with Crippen molar-refractivity contribution in [3.05, 3.63) is 35.4 Å². The van der Waals surface area contributed by atoms with E-state index in [4.69, 9.17) is 4.74 Å². The third kappa shape index (κ3) is 3.62. The van der Waals surface area contributed by atoms with Gasteiger partial charge in [-0.05, 0) is 32.0 Å². The van der Waals surface area contributed by atoms with Crippen LogP contribution in [-0.2, 0) is 16.1 Å². The lowest BCUT2D eigenvalue weighted by Gasteiger charge is -2.38. The molecule has 1 N–H and O–H groups in total. The Balaban J connectivity index is 2.12. The summed E-state index contributed by atoms with van der Waals surface area (Å²) in [5.41, 5.74) is -0.260. The van der Waals surface area contributed by atoms with Crippen molar-refractivity contribution in [2.75, 3.05) is 33.9 Å². The van der Waals surface area contributed by atoms with Gasteiger partial charge in [-0.3, -0.25) is 4.79 Å². The van der Waals surface area contributed by atoms with E-state index >= 15 is 0 Å². The highest BCUT2D eigenvalue weighted by molar-refractivity contribution is 5.83. The quantitative estimate of drug-likeness (QED) is 0.903. The average Bonchev–Trinajstić information content (AvgIpc) is 2.50. The van der Waals surface area contributed by atoms with E-state index < -0.39 is 17.0 Å². The number of hydrogen-bond acceptors (Lipinski definition) is 3. The molecule has 1 aromatic carbocycles. The van der Waals surface area contributed by atoms with Gasteiger partial charge in [-0.25, -0.2) is 8.78 Å². The number of amides is 1. The van der Waals surface area contributed by atoms with Crippen LogP contribution < -0.4 is 5.32 Å². The van der Waals surface area contributed by atoms with Gasteiger partial charge in [0.1, 0.15) is 11.6 Å². The fourth-order valence-electron chi connectivity index (χ4n) is 2.98. The van der Waals surface area contributed by atoms with Gasteiger partial charge in [0.05, 0.1) is 12.0 Å². The van der Waals surface area contributed by atoms with Gasteiger partial charge >= 0.3 is 0 Å². The first-order valence-electron chi connectivity index (χ1n) is 7.38. The summed E-state index contributed by atoms with van der Waals surface area (Å²) in [5, 5.41) is 3.23. The SMILES string of the molecule is COCC1(C(=O)N(C)Cc2ccc(F)cc2F)CCNCC1. The minimum atomic E-state index is -0.634. The van der Waals surface area contributed by atoms with E-state index in [0.29, 0.717) is 25.0 Å². The summed E-state index contributed by atoms with van der Waals surface area (Å²) in [4.78, 5) is 14.3. The second kappa shape index (κ2) is 7.15. The van der Waals surface area contributed by atoms with Gasteiger partial charge in [0, 0.05) is 32.3 Å². The number of ether oxygens (including phenoxy) is 1. The maximum absolute atomic E-state index is 13.7. The van der Waals surface area contributed by atoms with Crippen LogP contribution in [0.15, 0.2) is 18.2 Å². The van der Waals surface area contributed by atoms with Crippen molar-refractivity contribution < 1.29 is 18.3 Å². The molecule has 0 aliphatic carbocycles. The van der Waals surface area contributed by atoms with Crippen molar-refractivity contribution in [1.29, 1.82) is 0 Å². The number of rotatable bonds is 5. The standard InChI is InChI=1S/C16H22F2N2O2/c1-20(10-12-3-4-13(17)9-14(12)18)15(21)16(11-22-2)5-7-19-8-6-16/h3-4,9,19H,5-8,10-11H2,1-2H3. The molecule has 0 spiro atoms. The number of nitrogens with zero attached hydrogens (tertiary/aromatic N) is 1. The van der Waals surface area contributed by atoms with Crippen molar-refractivity contribution in [2.45, 2.75) is 19.4 Å². The summed E-state index contributed by atoms with van der Waals surface area (Å²) in [6.07, 6.45) is 1.38. The first-order chi connectivity index (χ1) is 10.5. The molecule has 0 radical (unpaired) electrons. The summed E-state index contributed by atoms with van der Waals surface area (Å²) >= 11 is 0. The Morgan fingerprint density at radius 2 is 2.05 bits per heavy atom. The zero-order chi connectivity index (χ0) is 16.2. The molecule has 1 amide bonds. The van der Waals surface area contributed by atoms with E-state index in [9.17, 15) is 13.6 Å². The maximum Gasteiger partial charge on any atom is 0.231 e. The second-order valence-electron chi connectivity index (χ2n) is 5.86. The van der Waals surface area contributed by atoms with Crippen LogP contribution in [0, 0.1) is 17.0 Å². The zero-order valence-electron chi connectivity index (χ0n) is 13.0. The van der Waals surface area contributed by atoms with Crippen molar-refractivity contribution >= 4 is 5.91 Å². The number of nitrogens with one attached hydrogen (secondary N) is 1. The van der Waals surface area contributed by atoms with E-state index in [0.717, 1.165) is 19.2 Å². The molecule has 122 valence electrons. The second-order valence-corrected chi connectivity index (χ2v) is 5.86. The van der Waals surface area contributed by atoms with Crippen LogP contribution in [0.1, 0.15) is 18.4 Å². The zero-order valence-corrected chi connectivity index (χ0v) is 13.0. The van der Waals surface area contributed by atoms with Gasteiger partial charge in [0.15, 0.2) is 0 Å². The number of carbonyl (C=O) groups is 1. The first-order valence-corrected chi connectivity index (χ1v) is 7.38. The molecule has 4 nitrogen and oxygen atoms in total. The Hall–Kier alpha value is -1.53. The van der Waals surface area contributed by atoms with E-state index in [2.05, 4.69) is 5.32 Å². The lowest BCUT2D eigenvalue weighted by molar-refractivity contribution is -0.146. The molecular formula is C16H22F2N2O2. The average molecular weight is 312 g/mol. The molecule has 6 heteroatoms. The van der Waals surface area contributed by atoms with Gasteiger partial charge in [-0.1, -0.05) is 6.07 Å². The molecule has 1 aromatic rings.